The third-order valence-electron chi connectivity index (χ3n) is 1.79. The predicted molar refractivity (Wildman–Crippen MR) is 111 cm³/mol. The molecular weight excluding hydrogens is 516 g/mol. The molecule has 0 unspecified atom stereocenters. The van der Waals surface area contributed by atoms with Crippen LogP contribution < -0.4 is 5.56 Å². The first-order chi connectivity index (χ1) is 11.5. The highest BCUT2D eigenvalue weighted by Crippen LogP contribution is 2.61. The van der Waals surface area contributed by atoms with Crippen molar-refractivity contribution >= 4 is 97.2 Å². The fourth-order valence-corrected chi connectivity index (χ4v) is 1.96. The molecule has 0 aliphatic carbocycles. The Bertz CT molecular complexity index is 782. The number of aromatic amines is 1. The van der Waals surface area contributed by atoms with Gasteiger partial charge in [0.05, 0.1) is 17.4 Å². The van der Waals surface area contributed by atoms with E-state index in [9.17, 15) is 9.36 Å². The Morgan fingerprint density at radius 3 is 1.92 bits per heavy atom. The summed E-state index contributed by atoms with van der Waals surface area (Å²) in [6, 6.07) is 0. The largest absolute Gasteiger partial charge is 0.339 e. The fourth-order valence-electron chi connectivity index (χ4n) is 0.897. The van der Waals surface area contributed by atoms with Crippen LogP contribution in [0.1, 0.15) is 0 Å². The zero-order valence-corrected chi connectivity index (χ0v) is 19.4. The van der Waals surface area contributed by atoms with Crippen molar-refractivity contribution in [1.82, 2.24) is 19.9 Å². The van der Waals surface area contributed by atoms with Crippen LogP contribution in [-0.4, -0.2) is 32.4 Å². The Morgan fingerprint density at radius 2 is 1.52 bits per heavy atom. The summed E-state index contributed by atoms with van der Waals surface area (Å²) in [4.78, 5) is 24.9. The van der Waals surface area contributed by atoms with Gasteiger partial charge in [0, 0.05) is 0 Å². The Hall–Kier alpha value is 0.630. The summed E-state index contributed by atoms with van der Waals surface area (Å²) in [5.41, 5.74) is -0.291. The van der Waals surface area contributed by atoms with E-state index in [0.29, 0.717) is 20.5 Å². The molecule has 0 aliphatic rings. The number of halogens is 6. The maximum Gasteiger partial charge on any atom is 0.339 e. The van der Waals surface area contributed by atoms with Crippen LogP contribution in [0, 0.1) is 0 Å². The molecule has 2 aromatic rings. The van der Waals surface area contributed by atoms with Gasteiger partial charge in [-0.3, -0.25) is 9.36 Å². The molecule has 1 N–H and O–H groups in total. The summed E-state index contributed by atoms with van der Waals surface area (Å²) in [5, 5.41) is -1.19. The second-order valence-electron chi connectivity index (χ2n) is 3.46. The lowest BCUT2D eigenvalue weighted by molar-refractivity contribution is 0.600. The molecule has 2 rings (SSSR count). The second-order valence-corrected chi connectivity index (χ2v) is 12.8. The smallest absolute Gasteiger partial charge is 0.300 e. The second kappa shape index (κ2) is 12.9. The van der Waals surface area contributed by atoms with Crippen LogP contribution in [-0.2, 0) is 4.57 Å². The van der Waals surface area contributed by atoms with Crippen LogP contribution in [0.25, 0.3) is 0 Å². The highest BCUT2D eigenvalue weighted by molar-refractivity contribution is 8.24. The standard InChI is InChI=1S/C5H4Cl2N2S.C5H5ClN2OS.Cl3OP/c1-10-5-8-2-3(6)4(7)9-5;1-10-5-7-2-3(6)4(9)8-5;1-5(2,3)4/h2H,1H3;2H,1H3,(H,7,8,9);. The molecule has 0 saturated carbocycles. The highest BCUT2D eigenvalue weighted by Gasteiger charge is 2.03. The summed E-state index contributed by atoms with van der Waals surface area (Å²) >= 11 is 33.2. The summed E-state index contributed by atoms with van der Waals surface area (Å²) < 4.78 is 9.51. The Labute approximate surface area is 181 Å². The zero-order valence-electron chi connectivity index (χ0n) is 12.3. The summed E-state index contributed by atoms with van der Waals surface area (Å²) in [5.74, 6) is 0. The van der Waals surface area contributed by atoms with Crippen LogP contribution in [0.5, 0.6) is 0 Å². The van der Waals surface area contributed by atoms with Crippen molar-refractivity contribution in [3.63, 3.8) is 0 Å². The van der Waals surface area contributed by atoms with Crippen LogP contribution in [0.15, 0.2) is 27.5 Å². The minimum absolute atomic E-state index is 0.123. The van der Waals surface area contributed by atoms with E-state index < -0.39 is 5.20 Å². The Balaban J connectivity index is 0.000000368. The molecule has 0 aliphatic heterocycles. The number of H-pyrrole nitrogens is 1. The molecule has 0 fully saturated rings. The van der Waals surface area contributed by atoms with Crippen LogP contribution in [0.4, 0.5) is 0 Å². The molecule has 0 saturated heterocycles. The van der Waals surface area contributed by atoms with Gasteiger partial charge in [-0.1, -0.05) is 58.3 Å². The quantitative estimate of drug-likeness (QED) is 0.209. The molecule has 0 aromatic carbocycles. The van der Waals surface area contributed by atoms with Gasteiger partial charge < -0.3 is 4.98 Å². The van der Waals surface area contributed by atoms with E-state index in [4.69, 9.17) is 34.8 Å². The van der Waals surface area contributed by atoms with Crippen molar-refractivity contribution in [2.75, 3.05) is 12.5 Å². The van der Waals surface area contributed by atoms with Gasteiger partial charge in [-0.05, 0) is 46.2 Å². The van der Waals surface area contributed by atoms with Gasteiger partial charge in [0.1, 0.15) is 5.02 Å². The Morgan fingerprint density at radius 1 is 1.00 bits per heavy atom. The Kier molecular flexibility index (Phi) is 13.2. The molecule has 2 heterocycles. The molecule has 25 heavy (non-hydrogen) atoms. The van der Waals surface area contributed by atoms with Gasteiger partial charge in [-0.2, -0.15) is 0 Å². The van der Waals surface area contributed by atoms with E-state index in [2.05, 4.69) is 53.7 Å². The van der Waals surface area contributed by atoms with Crippen molar-refractivity contribution < 1.29 is 4.57 Å². The number of nitrogens with one attached hydrogen (secondary N) is 1. The van der Waals surface area contributed by atoms with E-state index >= 15 is 0 Å². The van der Waals surface area contributed by atoms with Crippen LogP contribution in [0.3, 0.4) is 0 Å². The number of rotatable bonds is 2. The van der Waals surface area contributed by atoms with E-state index in [1.807, 2.05) is 12.5 Å². The van der Waals surface area contributed by atoms with Gasteiger partial charge >= 0.3 is 5.20 Å². The van der Waals surface area contributed by atoms with Crippen molar-refractivity contribution in [3.8, 4) is 0 Å². The minimum Gasteiger partial charge on any atom is -0.300 e. The lowest BCUT2D eigenvalue weighted by atomic mass is 10.7. The third-order valence-corrected chi connectivity index (χ3v) is 3.87. The molecule has 0 amide bonds. The number of thioether (sulfide) groups is 2. The molecule has 6 nitrogen and oxygen atoms in total. The summed E-state index contributed by atoms with van der Waals surface area (Å²) in [6.45, 7) is 0. The first kappa shape index (κ1) is 25.6. The van der Waals surface area contributed by atoms with Gasteiger partial charge in [0.2, 0.25) is 0 Å². The third kappa shape index (κ3) is 13.4. The van der Waals surface area contributed by atoms with Gasteiger partial charge in [0.25, 0.3) is 5.56 Å². The van der Waals surface area contributed by atoms with E-state index in [-0.39, 0.29) is 10.6 Å². The highest BCUT2D eigenvalue weighted by atomic mass is 36.0. The molecule has 0 atom stereocenters. The number of hydrogen-bond donors (Lipinski definition) is 1. The van der Waals surface area contributed by atoms with Gasteiger partial charge in [-0.25, -0.2) is 15.0 Å². The number of aromatic nitrogens is 4. The zero-order chi connectivity index (χ0) is 19.6. The van der Waals surface area contributed by atoms with Crippen LogP contribution >= 0.6 is 97.2 Å². The predicted octanol–water partition coefficient (Wildman–Crippen LogP) is 6.46. The number of hydrogen-bond acceptors (Lipinski definition) is 7. The lowest BCUT2D eigenvalue weighted by Gasteiger charge is -1.95. The van der Waals surface area contributed by atoms with E-state index in [0.717, 1.165) is 0 Å². The van der Waals surface area contributed by atoms with Crippen molar-refractivity contribution in [2.24, 2.45) is 0 Å². The van der Waals surface area contributed by atoms with Crippen molar-refractivity contribution in [3.05, 3.63) is 37.9 Å². The molecule has 0 radical (unpaired) electrons. The average molecular weight is 525 g/mol. The average Bonchev–Trinajstić information content (AvgIpc) is 2.52. The van der Waals surface area contributed by atoms with E-state index in [1.165, 1.54) is 35.9 Å². The molecule has 2 aromatic heterocycles. The fraction of sp³-hybridized carbons (Fsp3) is 0.200. The van der Waals surface area contributed by atoms with Crippen molar-refractivity contribution in [2.45, 2.75) is 10.3 Å². The maximum atomic E-state index is 10.8. The van der Waals surface area contributed by atoms with Gasteiger partial charge in [-0.15, -0.1) is 0 Å². The van der Waals surface area contributed by atoms with Gasteiger partial charge in [0.15, 0.2) is 15.5 Å². The first-order valence-corrected chi connectivity index (χ1v) is 13.7. The normalized spacial score (nSPS) is 10.2. The topological polar surface area (TPSA) is 88.6 Å². The monoisotopic (exact) mass is 522 g/mol. The minimum atomic E-state index is -3.22. The summed E-state index contributed by atoms with van der Waals surface area (Å²) in [6.07, 6.45) is 6.53. The van der Waals surface area contributed by atoms with E-state index in [1.54, 1.807) is 0 Å². The lowest BCUT2D eigenvalue weighted by Crippen LogP contribution is -2.07. The molecule has 0 bridgehead atoms. The van der Waals surface area contributed by atoms with Crippen LogP contribution in [0.2, 0.25) is 15.2 Å². The molecule has 140 valence electrons. The maximum absolute atomic E-state index is 10.8. The molecular formula is C10H9Cl6N4O2PS2. The van der Waals surface area contributed by atoms with Crippen molar-refractivity contribution in [1.29, 1.82) is 0 Å². The molecule has 15 heteroatoms. The SMILES string of the molecule is CSc1ncc(Cl)c(=O)[nH]1.CSc1ncc(Cl)c(Cl)n1.O=P(Cl)(Cl)Cl. The first-order valence-electron chi connectivity index (χ1n) is 5.67. The molecule has 0 spiro atoms. The number of nitrogens with zero attached hydrogens (tertiary/aromatic N) is 3. The summed E-state index contributed by atoms with van der Waals surface area (Å²) in [7, 11) is 0.